The van der Waals surface area contributed by atoms with Gasteiger partial charge in [-0.3, -0.25) is 24.0 Å². The Balaban J connectivity index is 1.60. The van der Waals surface area contributed by atoms with Gasteiger partial charge in [0.1, 0.15) is 29.8 Å². The lowest BCUT2D eigenvalue weighted by molar-refractivity contribution is -0.143. The minimum Gasteiger partial charge on any atom is -0.444 e. The fourth-order valence-corrected chi connectivity index (χ4v) is 9.74. The third kappa shape index (κ3) is 20.5. The van der Waals surface area contributed by atoms with Crippen LogP contribution in [0.3, 0.4) is 0 Å². The molecule has 374 valence electrons. The van der Waals surface area contributed by atoms with Gasteiger partial charge in [0.15, 0.2) is 0 Å². The molecule has 0 aromatic heterocycles. The van der Waals surface area contributed by atoms with Crippen molar-refractivity contribution in [3.63, 3.8) is 0 Å². The number of likely N-dealkylation sites (N-methyl/N-ethyl adjacent to an activating group) is 1. The van der Waals surface area contributed by atoms with Crippen LogP contribution in [0.2, 0.25) is 0 Å². The number of alkyl carbamates (subject to hydrolysis) is 1. The zero-order valence-corrected chi connectivity index (χ0v) is 41.0. The van der Waals surface area contributed by atoms with E-state index in [1.54, 1.807) is 39.6 Å². The summed E-state index contributed by atoms with van der Waals surface area (Å²) in [5, 5.41) is 26.8. The van der Waals surface area contributed by atoms with E-state index in [1.165, 1.54) is 32.1 Å². The second-order valence-corrected chi connectivity index (χ2v) is 20.3. The monoisotopic (exact) mass is 921 g/mol. The van der Waals surface area contributed by atoms with E-state index in [0.29, 0.717) is 64.1 Å². The van der Waals surface area contributed by atoms with Crippen LogP contribution in [0.4, 0.5) is 4.79 Å². The van der Waals surface area contributed by atoms with Crippen molar-refractivity contribution >= 4 is 35.6 Å². The summed E-state index contributed by atoms with van der Waals surface area (Å²) in [6.45, 7) is 12.2. The standard InChI is InChI=1S/C48H88N8O9/c1-8-15-40(56(7)46(62)32(2)18-19-34-26-35-20-21-36(27-34)28-35)44(60)55-41(37-16-11-9-10-12-17-37)45(61)53-38(29-49)42(58)54-39(43(59)52-33(3)30-57)31-64-25-14-23-50-22-13-24-51-47(63)65-48(4,5)6/h32-41,50,57H,8-31,49H2,1-7H3,(H,51,63)(H,52,59)(H,53,61)(H,54,58)(H,55,60)/t32-,33-,34?,35-,36+,38+,39+,40+,41+/m1/s1. The van der Waals surface area contributed by atoms with Crippen LogP contribution in [-0.4, -0.2) is 134 Å². The first-order chi connectivity index (χ1) is 31.0. The SMILES string of the molecule is CCC[C@@H](C(=O)N[C@H](C(=O)N[C@@H](CN)C(=O)N[C@@H](COCCCNCCCNC(=O)OC(C)(C)C)C(=O)N[C@H](C)CO)C1CCCCCC1)N(C)C(=O)[C@H](C)CCC1C[C@H]2CC[C@@H](C1)C2. The molecular weight excluding hydrogens is 833 g/mol. The van der Waals surface area contributed by atoms with Crippen LogP contribution in [0.1, 0.15) is 151 Å². The lowest BCUT2D eigenvalue weighted by Gasteiger charge is -2.34. The quantitative estimate of drug-likeness (QED) is 0.0416. The predicted molar refractivity (Wildman–Crippen MR) is 251 cm³/mol. The smallest absolute Gasteiger partial charge is 0.407 e. The molecule has 3 aliphatic carbocycles. The first-order valence-electron chi connectivity index (χ1n) is 25.0. The van der Waals surface area contributed by atoms with E-state index in [1.807, 2.05) is 13.8 Å². The number of amides is 6. The number of aliphatic hydroxyl groups excluding tert-OH is 1. The summed E-state index contributed by atoms with van der Waals surface area (Å²) in [6.07, 6.45) is 15.6. The summed E-state index contributed by atoms with van der Waals surface area (Å²) in [7, 11) is 1.70. The van der Waals surface area contributed by atoms with Crippen molar-refractivity contribution in [2.45, 2.75) is 187 Å². The second kappa shape index (κ2) is 29.3. The molecule has 3 rings (SSSR count). The largest absolute Gasteiger partial charge is 0.444 e. The molecule has 2 bridgehead atoms. The fourth-order valence-electron chi connectivity index (χ4n) is 9.74. The van der Waals surface area contributed by atoms with E-state index >= 15 is 0 Å². The molecule has 3 saturated carbocycles. The Morgan fingerprint density at radius 3 is 2.02 bits per heavy atom. The Labute approximate surface area is 389 Å². The maximum atomic E-state index is 14.3. The number of carbonyl (C=O) groups is 6. The number of rotatable bonds is 28. The van der Waals surface area contributed by atoms with Crippen molar-refractivity contribution in [1.29, 1.82) is 0 Å². The number of nitrogens with zero attached hydrogens (tertiary/aromatic N) is 1. The van der Waals surface area contributed by atoms with Gasteiger partial charge < -0.3 is 57.1 Å². The Hall–Kier alpha value is -3.54. The average Bonchev–Trinajstić information content (AvgIpc) is 3.41. The van der Waals surface area contributed by atoms with Crippen molar-refractivity contribution in [3.8, 4) is 0 Å². The number of fused-ring (bicyclic) bond motifs is 2. The summed E-state index contributed by atoms with van der Waals surface area (Å²) in [5.41, 5.74) is 5.53. The van der Waals surface area contributed by atoms with Gasteiger partial charge >= 0.3 is 6.09 Å². The van der Waals surface area contributed by atoms with Gasteiger partial charge in [-0.25, -0.2) is 4.79 Å². The number of ether oxygens (including phenoxy) is 2. The minimum absolute atomic E-state index is 0.0677. The Bertz CT molecular complexity index is 1460. The number of nitrogens with two attached hydrogens (primary N) is 1. The molecule has 1 unspecified atom stereocenters. The molecule has 0 spiro atoms. The molecule has 9 atom stereocenters. The Kier molecular flexibility index (Phi) is 25.1. The van der Waals surface area contributed by atoms with Gasteiger partial charge in [-0.05, 0) is 129 Å². The van der Waals surface area contributed by atoms with Crippen LogP contribution in [0.15, 0.2) is 0 Å². The molecule has 17 heteroatoms. The molecule has 9 N–H and O–H groups in total. The first kappa shape index (κ1) is 55.8. The predicted octanol–water partition coefficient (Wildman–Crippen LogP) is 3.65. The van der Waals surface area contributed by atoms with Crippen LogP contribution >= 0.6 is 0 Å². The summed E-state index contributed by atoms with van der Waals surface area (Å²) >= 11 is 0. The summed E-state index contributed by atoms with van der Waals surface area (Å²) in [4.78, 5) is 82.8. The third-order valence-electron chi connectivity index (χ3n) is 13.3. The first-order valence-corrected chi connectivity index (χ1v) is 25.0. The third-order valence-corrected chi connectivity index (χ3v) is 13.3. The summed E-state index contributed by atoms with van der Waals surface area (Å²) in [5.74, 6) is -0.347. The fraction of sp³-hybridized carbons (Fsp3) is 0.875. The highest BCUT2D eigenvalue weighted by Gasteiger charge is 2.38. The van der Waals surface area contributed by atoms with E-state index < -0.39 is 65.5 Å². The number of nitrogens with one attached hydrogen (secondary N) is 6. The molecular formula is C48H88N8O9. The van der Waals surface area contributed by atoms with Crippen LogP contribution in [0, 0.1) is 29.6 Å². The highest BCUT2D eigenvalue weighted by Crippen LogP contribution is 2.46. The van der Waals surface area contributed by atoms with Crippen molar-refractivity contribution in [1.82, 2.24) is 36.8 Å². The zero-order chi connectivity index (χ0) is 47.9. The Morgan fingerprint density at radius 1 is 0.769 bits per heavy atom. The van der Waals surface area contributed by atoms with Crippen molar-refractivity contribution in [3.05, 3.63) is 0 Å². The molecule has 3 fully saturated rings. The van der Waals surface area contributed by atoms with Crippen LogP contribution in [0.5, 0.6) is 0 Å². The van der Waals surface area contributed by atoms with E-state index in [0.717, 1.165) is 50.4 Å². The van der Waals surface area contributed by atoms with E-state index in [4.69, 9.17) is 15.2 Å². The second-order valence-electron chi connectivity index (χ2n) is 20.3. The van der Waals surface area contributed by atoms with Crippen LogP contribution in [0.25, 0.3) is 0 Å². The highest BCUT2D eigenvalue weighted by atomic mass is 16.6. The number of hydrogen-bond donors (Lipinski definition) is 8. The molecule has 0 saturated heterocycles. The van der Waals surface area contributed by atoms with Crippen molar-refractivity contribution in [2.75, 3.05) is 53.0 Å². The number of hydrogen-bond acceptors (Lipinski definition) is 11. The molecule has 0 aromatic rings. The highest BCUT2D eigenvalue weighted by molar-refractivity contribution is 5.96. The molecule has 0 heterocycles. The van der Waals surface area contributed by atoms with Gasteiger partial charge in [0.25, 0.3) is 0 Å². The normalized spacial score (nSPS) is 21.6. The van der Waals surface area contributed by atoms with Crippen LogP contribution in [-0.2, 0) is 33.4 Å². The molecule has 3 aliphatic rings. The van der Waals surface area contributed by atoms with Gasteiger partial charge in [0.2, 0.25) is 29.5 Å². The molecule has 0 aromatic carbocycles. The zero-order valence-electron chi connectivity index (χ0n) is 41.0. The van der Waals surface area contributed by atoms with Gasteiger partial charge in [0, 0.05) is 38.7 Å². The van der Waals surface area contributed by atoms with Gasteiger partial charge in [-0.1, -0.05) is 58.8 Å². The van der Waals surface area contributed by atoms with Crippen molar-refractivity contribution < 1.29 is 43.3 Å². The lowest BCUT2D eigenvalue weighted by Crippen LogP contribution is -2.62. The topological polar surface area (TPSA) is 243 Å². The lowest BCUT2D eigenvalue weighted by atomic mass is 9.78. The molecule has 0 aliphatic heterocycles. The summed E-state index contributed by atoms with van der Waals surface area (Å²) in [6, 6.07) is -4.71. The average molecular weight is 921 g/mol. The minimum atomic E-state index is -1.23. The Morgan fingerprint density at radius 2 is 1.40 bits per heavy atom. The van der Waals surface area contributed by atoms with Crippen molar-refractivity contribution in [2.24, 2.45) is 35.3 Å². The van der Waals surface area contributed by atoms with E-state index in [9.17, 15) is 33.9 Å². The number of aliphatic hydroxyl groups is 1. The van der Waals surface area contributed by atoms with Crippen LogP contribution < -0.4 is 37.6 Å². The molecule has 0 radical (unpaired) electrons. The molecule has 6 amide bonds. The van der Waals surface area contributed by atoms with Gasteiger partial charge in [0.05, 0.1) is 13.2 Å². The number of carbonyl (C=O) groups excluding carboxylic acids is 6. The maximum absolute atomic E-state index is 14.3. The maximum Gasteiger partial charge on any atom is 0.407 e. The van der Waals surface area contributed by atoms with E-state index in [-0.39, 0.29) is 44.1 Å². The van der Waals surface area contributed by atoms with E-state index in [2.05, 4.69) is 31.9 Å². The summed E-state index contributed by atoms with van der Waals surface area (Å²) < 4.78 is 11.0. The van der Waals surface area contributed by atoms with Gasteiger partial charge in [-0.2, -0.15) is 0 Å². The molecule has 17 nitrogen and oxygen atoms in total. The van der Waals surface area contributed by atoms with Gasteiger partial charge in [-0.15, -0.1) is 0 Å². The molecule has 65 heavy (non-hydrogen) atoms.